The smallest absolute Gasteiger partial charge is 0.134 e. The summed E-state index contributed by atoms with van der Waals surface area (Å²) in [6, 6.07) is 34.4. The fraction of sp³-hybridized carbons (Fsp3) is 0. The highest BCUT2D eigenvalue weighted by Gasteiger charge is 2.08. The maximum atomic E-state index is 5.98. The Bertz CT molecular complexity index is 839. The minimum absolute atomic E-state index is 0.639. The van der Waals surface area contributed by atoms with E-state index in [1.165, 1.54) is 0 Å². The van der Waals surface area contributed by atoms with E-state index in [1.54, 1.807) is 0 Å². The number of ether oxygens (including phenoxy) is 3. The van der Waals surface area contributed by atoms with E-state index < -0.39 is 0 Å². The lowest BCUT2D eigenvalue weighted by molar-refractivity contribution is 0.440. The van der Waals surface area contributed by atoms with E-state index in [9.17, 15) is 0 Å². The van der Waals surface area contributed by atoms with Gasteiger partial charge in [0.05, 0.1) is 0 Å². The Morgan fingerprint density at radius 1 is 0.296 bits per heavy atom. The van der Waals surface area contributed by atoms with Gasteiger partial charge in [0, 0.05) is 18.2 Å². The van der Waals surface area contributed by atoms with Crippen molar-refractivity contribution in [3.05, 3.63) is 109 Å². The zero-order valence-corrected chi connectivity index (χ0v) is 14.6. The predicted molar refractivity (Wildman–Crippen MR) is 106 cm³/mol. The first-order valence-corrected chi connectivity index (χ1v) is 8.69. The van der Waals surface area contributed by atoms with Gasteiger partial charge in [0.25, 0.3) is 0 Å². The highest BCUT2D eigenvalue weighted by molar-refractivity contribution is 5.47. The summed E-state index contributed by atoms with van der Waals surface area (Å²) in [5, 5.41) is 0. The SMILES string of the molecule is c1ccc(Oc2cc(Oc3ccccc3)cc(Oc3ccccc3)c2)cc1. The molecular formula is C24H18O3. The van der Waals surface area contributed by atoms with Gasteiger partial charge < -0.3 is 14.2 Å². The highest BCUT2D eigenvalue weighted by Crippen LogP contribution is 2.35. The Kier molecular flexibility index (Phi) is 5.02. The summed E-state index contributed by atoms with van der Waals surface area (Å²) >= 11 is 0. The third-order valence-corrected chi connectivity index (χ3v) is 3.79. The van der Waals surface area contributed by atoms with Gasteiger partial charge in [-0.3, -0.25) is 0 Å². The second-order valence-corrected chi connectivity index (χ2v) is 5.89. The molecule has 0 atom stereocenters. The Balaban J connectivity index is 1.64. The van der Waals surface area contributed by atoms with Crippen LogP contribution in [0.15, 0.2) is 109 Å². The van der Waals surface area contributed by atoms with Gasteiger partial charge in [-0.05, 0) is 36.4 Å². The fourth-order valence-corrected chi connectivity index (χ4v) is 2.60. The molecule has 0 spiro atoms. The first kappa shape index (κ1) is 16.7. The molecule has 0 radical (unpaired) electrons. The molecule has 0 amide bonds. The van der Waals surface area contributed by atoms with Gasteiger partial charge in [-0.25, -0.2) is 0 Å². The zero-order valence-electron chi connectivity index (χ0n) is 14.6. The Hall–Kier alpha value is -3.72. The summed E-state index contributed by atoms with van der Waals surface area (Å²) in [4.78, 5) is 0. The number of hydrogen-bond donors (Lipinski definition) is 0. The lowest BCUT2D eigenvalue weighted by Gasteiger charge is -2.13. The molecule has 0 aliphatic carbocycles. The van der Waals surface area contributed by atoms with E-state index in [2.05, 4.69) is 0 Å². The van der Waals surface area contributed by atoms with Gasteiger partial charge in [0.1, 0.15) is 34.5 Å². The largest absolute Gasteiger partial charge is 0.457 e. The monoisotopic (exact) mass is 354 g/mol. The second kappa shape index (κ2) is 8.11. The van der Waals surface area contributed by atoms with Gasteiger partial charge in [-0.2, -0.15) is 0 Å². The van der Waals surface area contributed by atoms with Crippen LogP contribution in [0.2, 0.25) is 0 Å². The standard InChI is InChI=1S/C24H18O3/c1-4-10-19(11-5-1)25-22-16-23(26-20-12-6-2-7-13-20)18-24(17-22)27-21-14-8-3-9-15-21/h1-18H. The van der Waals surface area contributed by atoms with E-state index in [4.69, 9.17) is 14.2 Å². The first-order valence-electron chi connectivity index (χ1n) is 8.69. The van der Waals surface area contributed by atoms with Crippen molar-refractivity contribution in [2.24, 2.45) is 0 Å². The summed E-state index contributed by atoms with van der Waals surface area (Å²) in [5.74, 6) is 4.17. The van der Waals surface area contributed by atoms with E-state index >= 15 is 0 Å². The minimum Gasteiger partial charge on any atom is -0.457 e. The van der Waals surface area contributed by atoms with Crippen LogP contribution in [0.5, 0.6) is 34.5 Å². The molecule has 0 aliphatic rings. The second-order valence-electron chi connectivity index (χ2n) is 5.89. The predicted octanol–water partition coefficient (Wildman–Crippen LogP) is 7.06. The van der Waals surface area contributed by atoms with Crippen LogP contribution < -0.4 is 14.2 Å². The van der Waals surface area contributed by atoms with Crippen molar-refractivity contribution >= 4 is 0 Å². The molecule has 4 aromatic carbocycles. The van der Waals surface area contributed by atoms with Crippen molar-refractivity contribution in [1.82, 2.24) is 0 Å². The zero-order chi connectivity index (χ0) is 18.3. The van der Waals surface area contributed by atoms with Crippen molar-refractivity contribution in [3.63, 3.8) is 0 Å². The molecular weight excluding hydrogens is 336 g/mol. The van der Waals surface area contributed by atoms with Crippen molar-refractivity contribution in [1.29, 1.82) is 0 Å². The lowest BCUT2D eigenvalue weighted by atomic mass is 10.2. The molecule has 0 aliphatic heterocycles. The van der Waals surface area contributed by atoms with Crippen LogP contribution in [0.4, 0.5) is 0 Å². The van der Waals surface area contributed by atoms with Crippen molar-refractivity contribution < 1.29 is 14.2 Å². The molecule has 0 unspecified atom stereocenters. The Morgan fingerprint density at radius 2 is 0.556 bits per heavy atom. The van der Waals surface area contributed by atoms with E-state index in [1.807, 2.05) is 109 Å². The Morgan fingerprint density at radius 3 is 0.815 bits per heavy atom. The molecule has 0 bridgehead atoms. The highest BCUT2D eigenvalue weighted by atomic mass is 16.5. The van der Waals surface area contributed by atoms with Crippen LogP contribution in [0, 0.1) is 0 Å². The van der Waals surface area contributed by atoms with Gasteiger partial charge in [-0.15, -0.1) is 0 Å². The third-order valence-electron chi connectivity index (χ3n) is 3.79. The Labute approximate surface area is 158 Å². The molecule has 4 rings (SSSR count). The molecule has 0 heterocycles. The van der Waals surface area contributed by atoms with Gasteiger partial charge in [0.15, 0.2) is 0 Å². The normalized spacial score (nSPS) is 10.2. The molecule has 3 nitrogen and oxygen atoms in total. The topological polar surface area (TPSA) is 27.7 Å². The van der Waals surface area contributed by atoms with Crippen molar-refractivity contribution in [2.45, 2.75) is 0 Å². The molecule has 3 heteroatoms. The maximum Gasteiger partial charge on any atom is 0.134 e. The van der Waals surface area contributed by atoms with Crippen LogP contribution in [0.1, 0.15) is 0 Å². The molecule has 4 aromatic rings. The number of hydrogen-bond acceptors (Lipinski definition) is 3. The van der Waals surface area contributed by atoms with Gasteiger partial charge in [-0.1, -0.05) is 54.6 Å². The van der Waals surface area contributed by atoms with Crippen molar-refractivity contribution in [2.75, 3.05) is 0 Å². The third kappa shape index (κ3) is 4.67. The van der Waals surface area contributed by atoms with Crippen molar-refractivity contribution in [3.8, 4) is 34.5 Å². The lowest BCUT2D eigenvalue weighted by Crippen LogP contribution is -1.90. The van der Waals surface area contributed by atoms with E-state index in [-0.39, 0.29) is 0 Å². The van der Waals surface area contributed by atoms with E-state index in [0.29, 0.717) is 17.2 Å². The molecule has 0 fully saturated rings. The number of para-hydroxylation sites is 3. The number of benzene rings is 4. The molecule has 0 saturated carbocycles. The van der Waals surface area contributed by atoms with Crippen LogP contribution >= 0.6 is 0 Å². The van der Waals surface area contributed by atoms with Crippen LogP contribution in [0.25, 0.3) is 0 Å². The summed E-state index contributed by atoms with van der Waals surface area (Å²) in [5.41, 5.74) is 0. The average molecular weight is 354 g/mol. The van der Waals surface area contributed by atoms with Crippen LogP contribution in [-0.2, 0) is 0 Å². The molecule has 0 N–H and O–H groups in total. The summed E-state index contributed by atoms with van der Waals surface area (Å²) in [6.07, 6.45) is 0. The molecule has 0 aromatic heterocycles. The summed E-state index contributed by atoms with van der Waals surface area (Å²) < 4.78 is 17.9. The van der Waals surface area contributed by atoms with Gasteiger partial charge in [0.2, 0.25) is 0 Å². The minimum atomic E-state index is 0.639. The molecule has 132 valence electrons. The van der Waals surface area contributed by atoms with Gasteiger partial charge >= 0.3 is 0 Å². The fourth-order valence-electron chi connectivity index (χ4n) is 2.60. The maximum absolute atomic E-state index is 5.98. The quantitative estimate of drug-likeness (QED) is 0.371. The molecule has 27 heavy (non-hydrogen) atoms. The molecule has 0 saturated heterocycles. The average Bonchev–Trinajstić information content (AvgIpc) is 2.70. The van der Waals surface area contributed by atoms with E-state index in [0.717, 1.165) is 17.2 Å². The van der Waals surface area contributed by atoms with Crippen LogP contribution in [-0.4, -0.2) is 0 Å². The summed E-state index contributed by atoms with van der Waals surface area (Å²) in [7, 11) is 0. The summed E-state index contributed by atoms with van der Waals surface area (Å²) in [6.45, 7) is 0. The number of rotatable bonds is 6. The first-order chi connectivity index (χ1) is 13.3. The van der Waals surface area contributed by atoms with Crippen LogP contribution in [0.3, 0.4) is 0 Å².